The number of halogens is 1. The number of nitrogens with one attached hydrogen (secondary N) is 1. The van der Waals surface area contributed by atoms with Gasteiger partial charge >= 0.3 is 0 Å². The summed E-state index contributed by atoms with van der Waals surface area (Å²) < 4.78 is 1.13. The minimum absolute atomic E-state index is 0.217. The van der Waals surface area contributed by atoms with Crippen LogP contribution in [0.2, 0.25) is 0 Å². The number of hydrazine groups is 1. The van der Waals surface area contributed by atoms with Crippen molar-refractivity contribution >= 4 is 15.9 Å². The fourth-order valence-corrected chi connectivity index (χ4v) is 2.58. The normalized spacial score (nSPS) is 14.8. The summed E-state index contributed by atoms with van der Waals surface area (Å²) >= 11 is 3.60. The van der Waals surface area contributed by atoms with Crippen molar-refractivity contribution in [2.45, 2.75) is 39.7 Å². The summed E-state index contributed by atoms with van der Waals surface area (Å²) in [5.74, 6) is 6.22. The van der Waals surface area contributed by atoms with Crippen molar-refractivity contribution in [2.24, 2.45) is 11.8 Å². The Morgan fingerprint density at radius 3 is 2.69 bits per heavy atom. The maximum absolute atomic E-state index is 5.68. The van der Waals surface area contributed by atoms with E-state index in [0.717, 1.165) is 4.47 Å². The molecule has 0 fully saturated rings. The first kappa shape index (κ1) is 13.7. The molecule has 0 amide bonds. The van der Waals surface area contributed by atoms with Gasteiger partial charge in [-0.2, -0.15) is 0 Å². The average molecular weight is 285 g/mol. The zero-order valence-electron chi connectivity index (χ0n) is 10.3. The van der Waals surface area contributed by atoms with E-state index in [9.17, 15) is 0 Å². The van der Waals surface area contributed by atoms with Gasteiger partial charge in [0.05, 0.1) is 0 Å². The molecule has 0 aliphatic rings. The first-order chi connectivity index (χ1) is 7.60. The highest BCUT2D eigenvalue weighted by Gasteiger charge is 2.19. The fraction of sp³-hybridized carbons (Fsp3) is 0.538. The molecule has 3 heteroatoms. The molecule has 0 aliphatic carbocycles. The van der Waals surface area contributed by atoms with Gasteiger partial charge in [-0.25, -0.2) is 0 Å². The van der Waals surface area contributed by atoms with E-state index in [1.165, 1.54) is 24.0 Å². The molecule has 0 radical (unpaired) electrons. The maximum atomic E-state index is 5.68. The van der Waals surface area contributed by atoms with E-state index in [1.54, 1.807) is 0 Å². The van der Waals surface area contributed by atoms with Crippen LogP contribution in [0.3, 0.4) is 0 Å². The van der Waals surface area contributed by atoms with Crippen molar-refractivity contribution in [2.75, 3.05) is 0 Å². The quantitative estimate of drug-likeness (QED) is 0.639. The third-order valence-corrected chi connectivity index (χ3v) is 3.70. The van der Waals surface area contributed by atoms with Crippen molar-refractivity contribution in [3.8, 4) is 0 Å². The van der Waals surface area contributed by atoms with Gasteiger partial charge in [-0.1, -0.05) is 53.9 Å². The van der Waals surface area contributed by atoms with Gasteiger partial charge < -0.3 is 0 Å². The molecule has 2 nitrogen and oxygen atoms in total. The van der Waals surface area contributed by atoms with Gasteiger partial charge in [0.25, 0.3) is 0 Å². The second-order valence-electron chi connectivity index (χ2n) is 4.44. The molecular weight excluding hydrogens is 264 g/mol. The Morgan fingerprint density at radius 1 is 1.44 bits per heavy atom. The van der Waals surface area contributed by atoms with Gasteiger partial charge in [-0.05, 0) is 30.9 Å². The van der Waals surface area contributed by atoms with E-state index in [2.05, 4.69) is 60.3 Å². The summed E-state index contributed by atoms with van der Waals surface area (Å²) in [6.07, 6.45) is 2.36. The molecule has 2 unspecified atom stereocenters. The topological polar surface area (TPSA) is 38.0 Å². The van der Waals surface area contributed by atoms with Crippen LogP contribution in [-0.2, 0) is 0 Å². The lowest BCUT2D eigenvalue weighted by Crippen LogP contribution is -2.32. The van der Waals surface area contributed by atoms with Crippen LogP contribution in [0.4, 0.5) is 0 Å². The van der Waals surface area contributed by atoms with Crippen LogP contribution in [0.1, 0.15) is 43.9 Å². The van der Waals surface area contributed by atoms with E-state index in [4.69, 9.17) is 5.84 Å². The number of rotatable bonds is 5. The first-order valence-electron chi connectivity index (χ1n) is 5.82. The Bertz CT molecular complexity index is 339. The minimum Gasteiger partial charge on any atom is -0.271 e. The van der Waals surface area contributed by atoms with E-state index in [-0.39, 0.29) is 6.04 Å². The Labute approximate surface area is 107 Å². The van der Waals surface area contributed by atoms with Gasteiger partial charge in [0.2, 0.25) is 0 Å². The van der Waals surface area contributed by atoms with Crippen LogP contribution in [0, 0.1) is 12.8 Å². The summed E-state index contributed by atoms with van der Waals surface area (Å²) in [6.45, 7) is 6.55. The summed E-state index contributed by atoms with van der Waals surface area (Å²) in [5.41, 5.74) is 5.46. The Balaban J connectivity index is 2.98. The van der Waals surface area contributed by atoms with Crippen LogP contribution in [0.15, 0.2) is 22.7 Å². The predicted octanol–water partition coefficient (Wildman–Crippen LogP) is 3.70. The molecule has 0 saturated carbocycles. The van der Waals surface area contributed by atoms with Gasteiger partial charge in [-0.3, -0.25) is 11.3 Å². The Kier molecular flexibility index (Phi) is 5.46. The number of aryl methyl sites for hydroxylation is 1. The van der Waals surface area contributed by atoms with E-state index in [0.29, 0.717) is 5.92 Å². The van der Waals surface area contributed by atoms with E-state index < -0.39 is 0 Å². The smallest absolute Gasteiger partial charge is 0.0496 e. The lowest BCUT2D eigenvalue weighted by Gasteiger charge is -2.24. The van der Waals surface area contributed by atoms with E-state index in [1.807, 2.05) is 0 Å². The third-order valence-electron chi connectivity index (χ3n) is 2.98. The monoisotopic (exact) mass is 284 g/mol. The summed E-state index contributed by atoms with van der Waals surface area (Å²) in [4.78, 5) is 0. The minimum atomic E-state index is 0.217. The number of hydrogen-bond acceptors (Lipinski definition) is 2. The molecule has 90 valence electrons. The summed E-state index contributed by atoms with van der Waals surface area (Å²) in [7, 11) is 0. The molecule has 0 aliphatic heterocycles. The van der Waals surface area contributed by atoms with Gasteiger partial charge in [0.15, 0.2) is 0 Å². The zero-order valence-corrected chi connectivity index (χ0v) is 11.8. The van der Waals surface area contributed by atoms with Crippen LogP contribution < -0.4 is 11.3 Å². The standard InChI is InChI=1S/C13H21BrN2/c1-4-5-10(3)13(16-15)11-8-9(2)6-7-12(11)14/h6-8,10,13,16H,4-5,15H2,1-3H3. The summed E-state index contributed by atoms with van der Waals surface area (Å²) in [5, 5.41) is 0. The van der Waals surface area contributed by atoms with Crippen LogP contribution in [-0.4, -0.2) is 0 Å². The molecule has 1 rings (SSSR count). The van der Waals surface area contributed by atoms with Crippen molar-refractivity contribution in [1.82, 2.24) is 5.43 Å². The molecule has 0 bridgehead atoms. The molecule has 3 N–H and O–H groups in total. The predicted molar refractivity (Wildman–Crippen MR) is 73.0 cm³/mol. The molecule has 1 aromatic carbocycles. The Morgan fingerprint density at radius 2 is 2.12 bits per heavy atom. The van der Waals surface area contributed by atoms with Crippen molar-refractivity contribution in [1.29, 1.82) is 0 Å². The average Bonchev–Trinajstić information content (AvgIpc) is 2.24. The fourth-order valence-electron chi connectivity index (χ4n) is 2.08. The van der Waals surface area contributed by atoms with Crippen LogP contribution in [0.25, 0.3) is 0 Å². The third kappa shape index (κ3) is 3.30. The van der Waals surface area contributed by atoms with Gasteiger partial charge in [0, 0.05) is 10.5 Å². The van der Waals surface area contributed by atoms with Gasteiger partial charge in [-0.15, -0.1) is 0 Å². The lowest BCUT2D eigenvalue weighted by atomic mass is 9.91. The number of nitrogens with two attached hydrogens (primary N) is 1. The molecule has 0 saturated heterocycles. The van der Waals surface area contributed by atoms with Crippen molar-refractivity contribution in [3.63, 3.8) is 0 Å². The van der Waals surface area contributed by atoms with E-state index >= 15 is 0 Å². The van der Waals surface area contributed by atoms with Crippen molar-refractivity contribution < 1.29 is 0 Å². The van der Waals surface area contributed by atoms with Crippen molar-refractivity contribution in [3.05, 3.63) is 33.8 Å². The molecular formula is C13H21BrN2. The highest BCUT2D eigenvalue weighted by atomic mass is 79.9. The Hall–Kier alpha value is -0.380. The second-order valence-corrected chi connectivity index (χ2v) is 5.29. The molecule has 0 spiro atoms. The van der Waals surface area contributed by atoms with Crippen LogP contribution >= 0.6 is 15.9 Å². The second kappa shape index (κ2) is 6.38. The molecule has 0 aromatic heterocycles. The lowest BCUT2D eigenvalue weighted by molar-refractivity contribution is 0.367. The molecule has 16 heavy (non-hydrogen) atoms. The largest absolute Gasteiger partial charge is 0.271 e. The summed E-state index contributed by atoms with van der Waals surface area (Å²) in [6, 6.07) is 6.61. The highest BCUT2D eigenvalue weighted by molar-refractivity contribution is 9.10. The van der Waals surface area contributed by atoms with Crippen LogP contribution in [0.5, 0.6) is 0 Å². The highest BCUT2D eigenvalue weighted by Crippen LogP contribution is 2.31. The number of benzene rings is 1. The zero-order chi connectivity index (χ0) is 12.1. The molecule has 2 atom stereocenters. The number of hydrogen-bond donors (Lipinski definition) is 2. The maximum Gasteiger partial charge on any atom is 0.0496 e. The molecule has 1 aromatic rings. The molecule has 0 heterocycles. The first-order valence-corrected chi connectivity index (χ1v) is 6.61. The SMILES string of the molecule is CCCC(C)C(NN)c1cc(C)ccc1Br. The van der Waals surface area contributed by atoms with Gasteiger partial charge in [0.1, 0.15) is 0 Å².